The summed E-state index contributed by atoms with van der Waals surface area (Å²) < 4.78 is 35.0. The number of para-hydroxylation sites is 2. The van der Waals surface area contributed by atoms with Gasteiger partial charge in [0.1, 0.15) is 11.4 Å². The summed E-state index contributed by atoms with van der Waals surface area (Å²) in [6, 6.07) is 14.2. The van der Waals surface area contributed by atoms with E-state index in [-0.39, 0.29) is 11.4 Å². The van der Waals surface area contributed by atoms with E-state index >= 15 is 0 Å². The Kier molecular flexibility index (Phi) is 5.76. The first kappa shape index (κ1) is 20.0. The lowest BCUT2D eigenvalue weighted by atomic mass is 10.1. The van der Waals surface area contributed by atoms with E-state index in [4.69, 9.17) is 4.74 Å². The Labute approximate surface area is 168 Å². The van der Waals surface area contributed by atoms with Crippen LogP contribution in [0.3, 0.4) is 0 Å². The molecule has 0 bridgehead atoms. The van der Waals surface area contributed by atoms with E-state index in [9.17, 15) is 13.2 Å². The van der Waals surface area contributed by atoms with E-state index in [1.807, 2.05) is 18.4 Å². The van der Waals surface area contributed by atoms with Crippen molar-refractivity contribution in [3.63, 3.8) is 0 Å². The normalized spacial score (nSPS) is 15.5. The molecule has 0 atom stereocenters. The summed E-state index contributed by atoms with van der Waals surface area (Å²) in [5.41, 5.74) is 1.19. The molecule has 1 heterocycles. The largest absolute Gasteiger partial charge is 0.496 e. The van der Waals surface area contributed by atoms with Gasteiger partial charge in [0.15, 0.2) is 0 Å². The minimum Gasteiger partial charge on any atom is -0.496 e. The average Bonchev–Trinajstić information content (AvgIpc) is 2.70. The maximum absolute atomic E-state index is 12.9. The SMILES string of the molecule is COc1ccccc1C1=NS(=O)(=O)N(C)C(C(=O)Nc2ccccc2SC)=C1. The smallest absolute Gasteiger partial charge is 0.345 e. The number of carbonyl (C=O) groups excluding carboxylic acids is 1. The molecule has 0 radical (unpaired) electrons. The predicted molar refractivity (Wildman–Crippen MR) is 111 cm³/mol. The molecule has 9 heteroatoms. The van der Waals surface area contributed by atoms with E-state index in [1.54, 1.807) is 36.4 Å². The highest BCUT2D eigenvalue weighted by Crippen LogP contribution is 2.28. The van der Waals surface area contributed by atoms with Gasteiger partial charge in [0.2, 0.25) is 0 Å². The van der Waals surface area contributed by atoms with Crippen LogP contribution in [0.15, 0.2) is 69.6 Å². The van der Waals surface area contributed by atoms with Crippen molar-refractivity contribution in [3.8, 4) is 5.75 Å². The molecule has 28 heavy (non-hydrogen) atoms. The number of ether oxygens (including phenoxy) is 1. The lowest BCUT2D eigenvalue weighted by molar-refractivity contribution is -0.113. The second-order valence-corrected chi connectivity index (χ2v) is 8.28. The van der Waals surface area contributed by atoms with Crippen molar-refractivity contribution in [2.45, 2.75) is 4.90 Å². The Balaban J connectivity index is 2.02. The standard InChI is InChI=1S/C19H19N3O4S2/c1-22-16(19(23)20-14-9-5-7-11-18(14)27-3)12-15(21-28(22,24)25)13-8-4-6-10-17(13)26-2/h4-12H,1-3H3,(H,20,23). The van der Waals surface area contributed by atoms with Crippen molar-refractivity contribution in [1.29, 1.82) is 0 Å². The summed E-state index contributed by atoms with van der Waals surface area (Å²) in [5, 5.41) is 2.78. The molecule has 7 nitrogen and oxygen atoms in total. The Hall–Kier alpha value is -2.78. The first-order valence-electron chi connectivity index (χ1n) is 8.25. The number of methoxy groups -OCH3 is 1. The molecule has 1 aliphatic rings. The number of carbonyl (C=O) groups is 1. The molecule has 1 N–H and O–H groups in total. The van der Waals surface area contributed by atoms with E-state index in [2.05, 4.69) is 9.71 Å². The molecule has 0 spiro atoms. The van der Waals surface area contributed by atoms with Crippen LogP contribution in [0.4, 0.5) is 5.69 Å². The summed E-state index contributed by atoms with van der Waals surface area (Å²) >= 11 is 1.48. The monoisotopic (exact) mass is 417 g/mol. The van der Waals surface area contributed by atoms with Crippen molar-refractivity contribution in [2.75, 3.05) is 25.7 Å². The molecule has 0 aromatic heterocycles. The first-order chi connectivity index (χ1) is 13.4. The number of allylic oxidation sites excluding steroid dienone is 1. The zero-order valence-corrected chi connectivity index (χ0v) is 17.2. The Morgan fingerprint density at radius 2 is 1.82 bits per heavy atom. The van der Waals surface area contributed by atoms with E-state index in [0.29, 0.717) is 17.0 Å². The van der Waals surface area contributed by atoms with Crippen molar-refractivity contribution in [1.82, 2.24) is 4.31 Å². The molecular formula is C19H19N3O4S2. The van der Waals surface area contributed by atoms with Gasteiger partial charge in [0.25, 0.3) is 5.91 Å². The van der Waals surface area contributed by atoms with Gasteiger partial charge in [-0.05, 0) is 36.6 Å². The molecular weight excluding hydrogens is 398 g/mol. The summed E-state index contributed by atoms with van der Waals surface area (Å²) in [5.74, 6) is -0.0837. The third kappa shape index (κ3) is 3.90. The van der Waals surface area contributed by atoms with Crippen LogP contribution < -0.4 is 10.1 Å². The molecule has 1 amide bonds. The molecule has 0 aliphatic carbocycles. The number of likely N-dealkylation sites (N-methyl/N-ethyl adjacent to an activating group) is 1. The minimum absolute atomic E-state index is 0.0354. The number of hydrogen-bond acceptors (Lipinski definition) is 5. The Morgan fingerprint density at radius 3 is 2.54 bits per heavy atom. The molecule has 0 fully saturated rings. The number of thioether (sulfide) groups is 1. The number of benzene rings is 2. The summed E-state index contributed by atoms with van der Waals surface area (Å²) in [6.07, 6.45) is 3.34. The maximum Gasteiger partial charge on any atom is 0.345 e. The van der Waals surface area contributed by atoms with Crippen LogP contribution in [-0.2, 0) is 15.0 Å². The van der Waals surface area contributed by atoms with Gasteiger partial charge in [-0.25, -0.2) is 4.31 Å². The Bertz CT molecular complexity index is 1080. The van der Waals surface area contributed by atoms with Crippen LogP contribution in [0.2, 0.25) is 0 Å². The molecule has 0 unspecified atom stereocenters. The van der Waals surface area contributed by atoms with Gasteiger partial charge in [-0.3, -0.25) is 4.79 Å². The van der Waals surface area contributed by atoms with Crippen LogP contribution in [0, 0.1) is 0 Å². The summed E-state index contributed by atoms with van der Waals surface area (Å²) in [4.78, 5) is 13.8. The van der Waals surface area contributed by atoms with Gasteiger partial charge in [-0.15, -0.1) is 16.2 Å². The second kappa shape index (κ2) is 8.07. The zero-order valence-electron chi connectivity index (χ0n) is 15.5. The van der Waals surface area contributed by atoms with Gasteiger partial charge < -0.3 is 10.1 Å². The van der Waals surface area contributed by atoms with Crippen LogP contribution in [-0.4, -0.2) is 44.8 Å². The zero-order chi connectivity index (χ0) is 20.3. The van der Waals surface area contributed by atoms with Gasteiger partial charge in [-0.2, -0.15) is 8.42 Å². The predicted octanol–water partition coefficient (Wildman–Crippen LogP) is 2.92. The molecule has 2 aromatic rings. The molecule has 1 aliphatic heterocycles. The number of anilines is 1. The minimum atomic E-state index is -4.05. The van der Waals surface area contributed by atoms with Crippen LogP contribution in [0.1, 0.15) is 5.56 Å². The molecule has 3 rings (SSSR count). The number of nitrogens with zero attached hydrogens (tertiary/aromatic N) is 2. The lowest BCUT2D eigenvalue weighted by Crippen LogP contribution is -2.35. The summed E-state index contributed by atoms with van der Waals surface area (Å²) in [6.45, 7) is 0. The number of nitrogens with one attached hydrogen (secondary N) is 1. The Morgan fingerprint density at radius 1 is 1.14 bits per heavy atom. The molecule has 146 valence electrons. The van der Waals surface area contributed by atoms with Gasteiger partial charge >= 0.3 is 10.2 Å². The number of rotatable bonds is 5. The van der Waals surface area contributed by atoms with Crippen molar-refractivity contribution < 1.29 is 17.9 Å². The molecule has 2 aromatic carbocycles. The third-order valence-corrected chi connectivity index (χ3v) is 6.26. The molecule has 0 saturated heterocycles. The highest BCUT2D eigenvalue weighted by Gasteiger charge is 2.31. The fraction of sp³-hybridized carbons (Fsp3) is 0.158. The lowest BCUT2D eigenvalue weighted by Gasteiger charge is -2.24. The highest BCUT2D eigenvalue weighted by atomic mass is 32.2. The van der Waals surface area contributed by atoms with Crippen molar-refractivity contribution in [2.24, 2.45) is 4.40 Å². The average molecular weight is 418 g/mol. The van der Waals surface area contributed by atoms with E-state index in [0.717, 1.165) is 9.20 Å². The number of amides is 1. The molecule has 0 saturated carbocycles. The van der Waals surface area contributed by atoms with E-state index in [1.165, 1.54) is 32.0 Å². The summed E-state index contributed by atoms with van der Waals surface area (Å²) in [7, 11) is -1.27. The number of hydrogen-bond donors (Lipinski definition) is 1. The van der Waals surface area contributed by atoms with Gasteiger partial charge in [-0.1, -0.05) is 24.3 Å². The topological polar surface area (TPSA) is 88.1 Å². The quantitative estimate of drug-likeness (QED) is 0.756. The highest BCUT2D eigenvalue weighted by molar-refractivity contribution is 7.98. The van der Waals surface area contributed by atoms with Crippen LogP contribution in [0.25, 0.3) is 0 Å². The van der Waals surface area contributed by atoms with E-state index < -0.39 is 16.1 Å². The first-order valence-corrected chi connectivity index (χ1v) is 10.9. The third-order valence-electron chi connectivity index (χ3n) is 4.14. The van der Waals surface area contributed by atoms with Crippen LogP contribution >= 0.6 is 11.8 Å². The van der Waals surface area contributed by atoms with Crippen LogP contribution in [0.5, 0.6) is 5.75 Å². The van der Waals surface area contributed by atoms with Crippen molar-refractivity contribution in [3.05, 3.63) is 65.9 Å². The van der Waals surface area contributed by atoms with Gasteiger partial charge in [0.05, 0.1) is 18.5 Å². The fourth-order valence-corrected chi connectivity index (χ4v) is 4.14. The maximum atomic E-state index is 12.9. The van der Waals surface area contributed by atoms with Crippen molar-refractivity contribution >= 4 is 39.3 Å². The van der Waals surface area contributed by atoms with Gasteiger partial charge in [0, 0.05) is 17.5 Å². The fourth-order valence-electron chi connectivity index (χ4n) is 2.68. The second-order valence-electron chi connectivity index (χ2n) is 5.81.